The van der Waals surface area contributed by atoms with Crippen molar-refractivity contribution in [1.82, 2.24) is 19.9 Å². The smallest absolute Gasteiger partial charge is 0.336 e. The molecule has 0 aliphatic carbocycles. The number of hydrogen-bond donors (Lipinski definition) is 2. The molecule has 3 heterocycles. The van der Waals surface area contributed by atoms with Crippen LogP contribution in [-0.2, 0) is 6.61 Å². The molecule has 3 aromatic heterocycles. The maximum atomic E-state index is 11.5. The van der Waals surface area contributed by atoms with Crippen LogP contribution >= 0.6 is 11.3 Å². The molecule has 0 aliphatic rings. The molecule has 0 amide bonds. The van der Waals surface area contributed by atoms with E-state index in [0.717, 1.165) is 15.6 Å². The monoisotopic (exact) mass is 448 g/mol. The number of nitrogens with zero attached hydrogens (tertiary/aromatic N) is 4. The van der Waals surface area contributed by atoms with Crippen LogP contribution < -0.4 is 4.74 Å². The summed E-state index contributed by atoms with van der Waals surface area (Å²) in [5.74, 6) is -2.61. The Morgan fingerprint density at radius 2 is 1.66 bits per heavy atom. The predicted molar refractivity (Wildman–Crippen MR) is 116 cm³/mol. The molecule has 1 aromatic carbocycles. The summed E-state index contributed by atoms with van der Waals surface area (Å²) >= 11 is 1.42. The van der Waals surface area contributed by atoms with Gasteiger partial charge in [0.15, 0.2) is 0 Å². The first kappa shape index (κ1) is 21.1. The molecule has 0 saturated heterocycles. The van der Waals surface area contributed by atoms with Crippen molar-refractivity contribution in [1.29, 1.82) is 0 Å². The second-order valence-corrected chi connectivity index (χ2v) is 7.70. The molecule has 10 heteroatoms. The van der Waals surface area contributed by atoms with Crippen molar-refractivity contribution in [3.63, 3.8) is 0 Å². The molecule has 0 bridgehead atoms. The molecule has 0 saturated carbocycles. The van der Waals surface area contributed by atoms with Crippen LogP contribution in [0.3, 0.4) is 0 Å². The van der Waals surface area contributed by atoms with Crippen LogP contribution in [0.25, 0.3) is 21.8 Å². The van der Waals surface area contributed by atoms with E-state index in [9.17, 15) is 19.8 Å². The van der Waals surface area contributed by atoms with Crippen molar-refractivity contribution in [2.24, 2.45) is 0 Å². The lowest BCUT2D eigenvalue weighted by Crippen LogP contribution is -2.08. The van der Waals surface area contributed by atoms with Crippen LogP contribution in [0.4, 0.5) is 0 Å². The van der Waals surface area contributed by atoms with Crippen LogP contribution in [0.5, 0.6) is 6.01 Å². The molecule has 2 N–H and O–H groups in total. The van der Waals surface area contributed by atoms with Gasteiger partial charge in [-0.15, -0.1) is 11.3 Å². The molecular formula is C22H16N4O5S. The predicted octanol–water partition coefficient (Wildman–Crippen LogP) is 3.95. The summed E-state index contributed by atoms with van der Waals surface area (Å²) in [7, 11) is 0. The van der Waals surface area contributed by atoms with E-state index in [0.29, 0.717) is 17.0 Å². The highest BCUT2D eigenvalue weighted by Crippen LogP contribution is 2.31. The first-order valence-electron chi connectivity index (χ1n) is 9.37. The van der Waals surface area contributed by atoms with Gasteiger partial charge in [-0.2, -0.15) is 0 Å². The summed E-state index contributed by atoms with van der Waals surface area (Å²) in [5, 5.41) is 19.3. The van der Waals surface area contributed by atoms with Gasteiger partial charge in [0.05, 0.1) is 33.1 Å². The van der Waals surface area contributed by atoms with E-state index < -0.39 is 11.9 Å². The van der Waals surface area contributed by atoms with E-state index in [-0.39, 0.29) is 23.7 Å². The number of pyridine rings is 1. The van der Waals surface area contributed by atoms with Crippen molar-refractivity contribution in [2.75, 3.05) is 0 Å². The molecule has 0 aliphatic heterocycles. The van der Waals surface area contributed by atoms with Gasteiger partial charge in [0, 0.05) is 18.0 Å². The summed E-state index contributed by atoms with van der Waals surface area (Å²) in [6.45, 7) is 2.08. The van der Waals surface area contributed by atoms with Crippen molar-refractivity contribution >= 4 is 23.3 Å². The normalized spacial score (nSPS) is 10.7. The summed E-state index contributed by atoms with van der Waals surface area (Å²) in [6, 6.07) is 11.5. The minimum atomic E-state index is -1.31. The second-order valence-electron chi connectivity index (χ2n) is 6.62. The number of aromatic carboxylic acids is 2. The highest BCUT2D eigenvalue weighted by atomic mass is 32.1. The van der Waals surface area contributed by atoms with Crippen molar-refractivity contribution < 1.29 is 24.5 Å². The fourth-order valence-electron chi connectivity index (χ4n) is 3.03. The van der Waals surface area contributed by atoms with E-state index in [2.05, 4.69) is 19.9 Å². The number of carboxylic acid groups (broad SMARTS) is 2. The molecule has 0 radical (unpaired) electrons. The number of benzene rings is 1. The fraction of sp³-hybridized carbons (Fsp3) is 0.0909. The molecule has 9 nitrogen and oxygen atoms in total. The summed E-state index contributed by atoms with van der Waals surface area (Å²) in [6.07, 6.45) is 3.18. The number of ether oxygens (including phenoxy) is 1. The van der Waals surface area contributed by atoms with Crippen LogP contribution in [0.1, 0.15) is 31.4 Å². The Labute approximate surface area is 186 Å². The number of aryl methyl sites for hydroxylation is 1. The molecular weight excluding hydrogens is 432 g/mol. The van der Waals surface area contributed by atoms with Gasteiger partial charge in [0.2, 0.25) is 0 Å². The van der Waals surface area contributed by atoms with E-state index in [4.69, 9.17) is 4.74 Å². The first-order chi connectivity index (χ1) is 15.4. The second kappa shape index (κ2) is 8.90. The third-order valence-electron chi connectivity index (χ3n) is 4.47. The van der Waals surface area contributed by atoms with Gasteiger partial charge in [0.25, 0.3) is 0 Å². The van der Waals surface area contributed by atoms with E-state index in [1.807, 2.05) is 13.0 Å². The number of thiazole rings is 1. The molecule has 160 valence electrons. The number of carboxylic acids is 2. The van der Waals surface area contributed by atoms with Crippen LogP contribution in [0.2, 0.25) is 0 Å². The molecule has 0 spiro atoms. The molecule has 4 rings (SSSR count). The zero-order valence-corrected chi connectivity index (χ0v) is 17.5. The van der Waals surface area contributed by atoms with Gasteiger partial charge < -0.3 is 14.9 Å². The van der Waals surface area contributed by atoms with Gasteiger partial charge in [-0.05, 0) is 37.3 Å². The van der Waals surface area contributed by atoms with Gasteiger partial charge in [-0.1, -0.05) is 12.1 Å². The molecule has 0 unspecified atom stereocenters. The zero-order chi connectivity index (χ0) is 22.7. The number of aromatic nitrogens is 4. The van der Waals surface area contributed by atoms with E-state index in [1.54, 1.807) is 36.7 Å². The highest BCUT2D eigenvalue weighted by molar-refractivity contribution is 7.15. The Kier molecular flexibility index (Phi) is 5.86. The Hall–Kier alpha value is -4.18. The highest BCUT2D eigenvalue weighted by Gasteiger charge is 2.18. The summed E-state index contributed by atoms with van der Waals surface area (Å²) in [4.78, 5) is 40.8. The average molecular weight is 448 g/mol. The summed E-state index contributed by atoms with van der Waals surface area (Å²) in [5.41, 5.74) is 1.89. The van der Waals surface area contributed by atoms with Gasteiger partial charge in [0.1, 0.15) is 11.6 Å². The van der Waals surface area contributed by atoms with Crippen molar-refractivity contribution in [3.05, 3.63) is 76.7 Å². The first-order valence-corrected chi connectivity index (χ1v) is 10.2. The summed E-state index contributed by atoms with van der Waals surface area (Å²) < 4.78 is 5.56. The standard InChI is InChI=1S/C22H16N4O5S/c1-12-19(32-18(25-12)11-31-22-23-8-3-9-24-22)17-5-2-4-16(26-17)13-6-7-14(20(27)28)15(10-13)21(29)30/h2-10H,11H2,1H3,(H,27,28)(H,29,30). The quantitative estimate of drug-likeness (QED) is 0.431. The van der Waals surface area contributed by atoms with Crippen molar-refractivity contribution in [2.45, 2.75) is 13.5 Å². The SMILES string of the molecule is Cc1nc(COc2ncccn2)sc1-c1cccc(-c2ccc(C(=O)O)c(C(=O)O)c2)n1. The van der Waals surface area contributed by atoms with Crippen LogP contribution in [0, 0.1) is 6.92 Å². The van der Waals surface area contributed by atoms with Crippen LogP contribution in [0.15, 0.2) is 54.9 Å². The minimum absolute atomic E-state index is 0.216. The minimum Gasteiger partial charge on any atom is -0.478 e. The number of hydrogen-bond acceptors (Lipinski definition) is 8. The molecule has 0 fully saturated rings. The van der Waals surface area contributed by atoms with E-state index in [1.165, 1.54) is 23.5 Å². The fourth-order valence-corrected chi connectivity index (χ4v) is 3.97. The number of rotatable bonds is 7. The molecule has 4 aromatic rings. The maximum Gasteiger partial charge on any atom is 0.336 e. The van der Waals surface area contributed by atoms with E-state index >= 15 is 0 Å². The third kappa shape index (κ3) is 4.44. The lowest BCUT2D eigenvalue weighted by atomic mass is 10.0. The Morgan fingerprint density at radius 1 is 0.938 bits per heavy atom. The van der Waals surface area contributed by atoms with Crippen molar-refractivity contribution in [3.8, 4) is 27.8 Å². The van der Waals surface area contributed by atoms with Gasteiger partial charge in [-0.3, -0.25) is 0 Å². The lowest BCUT2D eigenvalue weighted by molar-refractivity contribution is 0.0651. The Morgan fingerprint density at radius 3 is 2.38 bits per heavy atom. The zero-order valence-electron chi connectivity index (χ0n) is 16.7. The average Bonchev–Trinajstić information content (AvgIpc) is 3.18. The Bertz CT molecular complexity index is 1310. The molecule has 0 atom stereocenters. The van der Waals surface area contributed by atoms with Crippen LogP contribution in [-0.4, -0.2) is 42.1 Å². The maximum absolute atomic E-state index is 11.5. The Balaban J connectivity index is 1.62. The molecule has 32 heavy (non-hydrogen) atoms. The third-order valence-corrected chi connectivity index (χ3v) is 5.62. The van der Waals surface area contributed by atoms with Gasteiger partial charge in [-0.25, -0.2) is 29.5 Å². The van der Waals surface area contributed by atoms with Gasteiger partial charge >= 0.3 is 17.9 Å². The largest absolute Gasteiger partial charge is 0.478 e. The topological polar surface area (TPSA) is 135 Å². The number of carbonyl (C=O) groups is 2. The lowest BCUT2D eigenvalue weighted by Gasteiger charge is -2.07.